The second-order valence-electron chi connectivity index (χ2n) is 4.03. The molecular formula is C12H24ClNO2. The maximum absolute atomic E-state index is 10.6. The molecule has 3 nitrogen and oxygen atoms in total. The van der Waals surface area contributed by atoms with Crippen LogP contribution in [-0.2, 0) is 4.79 Å². The molecule has 0 rings (SSSR count). The van der Waals surface area contributed by atoms with Gasteiger partial charge in [-0.2, -0.15) is 0 Å². The molecule has 0 saturated carbocycles. The lowest BCUT2D eigenvalue weighted by Gasteiger charge is -2.35. The van der Waals surface area contributed by atoms with Crippen molar-refractivity contribution in [3.05, 3.63) is 12.2 Å². The van der Waals surface area contributed by atoms with Gasteiger partial charge in [-0.25, -0.2) is 4.79 Å². The zero-order chi connectivity index (χ0) is 11.9. The molecule has 16 heavy (non-hydrogen) atoms. The number of hydrogen-bond acceptors (Lipinski definition) is 1. The highest BCUT2D eigenvalue weighted by Gasteiger charge is 2.20. The van der Waals surface area contributed by atoms with E-state index in [1.165, 1.54) is 0 Å². The van der Waals surface area contributed by atoms with Crippen LogP contribution in [0.2, 0.25) is 0 Å². The van der Waals surface area contributed by atoms with Gasteiger partial charge in [0.1, 0.15) is 0 Å². The topological polar surface area (TPSA) is 37.3 Å². The summed E-state index contributed by atoms with van der Waals surface area (Å²) in [5.74, 6) is -0.863. The lowest BCUT2D eigenvalue weighted by molar-refractivity contribution is -0.923. The molecule has 1 N–H and O–H groups in total. The summed E-state index contributed by atoms with van der Waals surface area (Å²) in [6.45, 7) is 14.5. The van der Waals surface area contributed by atoms with Gasteiger partial charge in [0.05, 0.1) is 26.2 Å². The van der Waals surface area contributed by atoms with Crippen molar-refractivity contribution in [1.29, 1.82) is 0 Å². The van der Waals surface area contributed by atoms with Gasteiger partial charge in [0, 0.05) is 12.0 Å². The number of carboxylic acid groups (broad SMARTS) is 1. The van der Waals surface area contributed by atoms with Crippen molar-refractivity contribution in [2.75, 3.05) is 26.2 Å². The summed E-state index contributed by atoms with van der Waals surface area (Å²) in [5, 5.41) is 8.68. The van der Waals surface area contributed by atoms with Crippen molar-refractivity contribution < 1.29 is 26.8 Å². The third-order valence-electron chi connectivity index (χ3n) is 3.43. The number of aliphatic carboxylic acids is 1. The number of halogens is 1. The standard InChI is InChI=1S/C12H23NO2.ClH/c1-5-13(6-2,7-3)10-8-9-11(4)12(14)15;/h4-10H2,1-3H3;1H. The monoisotopic (exact) mass is 249 g/mol. The van der Waals surface area contributed by atoms with Gasteiger partial charge in [0.25, 0.3) is 0 Å². The molecule has 0 saturated heterocycles. The number of carbonyl (C=O) groups is 1. The van der Waals surface area contributed by atoms with Gasteiger partial charge in [0.15, 0.2) is 0 Å². The predicted octanol–water partition coefficient (Wildman–Crippen LogP) is -0.712. The van der Waals surface area contributed by atoms with Crippen LogP contribution in [0.1, 0.15) is 33.6 Å². The summed E-state index contributed by atoms with van der Waals surface area (Å²) >= 11 is 0. The van der Waals surface area contributed by atoms with Crippen LogP contribution in [0.3, 0.4) is 0 Å². The van der Waals surface area contributed by atoms with Crippen molar-refractivity contribution in [2.24, 2.45) is 0 Å². The van der Waals surface area contributed by atoms with E-state index in [0.29, 0.717) is 12.0 Å². The molecule has 0 aliphatic rings. The molecule has 0 aromatic rings. The van der Waals surface area contributed by atoms with Gasteiger partial charge < -0.3 is 22.0 Å². The summed E-state index contributed by atoms with van der Waals surface area (Å²) in [7, 11) is 0. The van der Waals surface area contributed by atoms with Gasteiger partial charge in [-0.05, 0) is 27.2 Å². The Morgan fingerprint density at radius 1 is 1.19 bits per heavy atom. The largest absolute Gasteiger partial charge is 1.00 e. The Labute approximate surface area is 105 Å². The molecule has 96 valence electrons. The zero-order valence-electron chi connectivity index (χ0n) is 10.6. The summed E-state index contributed by atoms with van der Waals surface area (Å²) in [4.78, 5) is 10.6. The van der Waals surface area contributed by atoms with E-state index in [2.05, 4.69) is 27.4 Å². The van der Waals surface area contributed by atoms with E-state index in [1.807, 2.05) is 0 Å². The maximum Gasteiger partial charge on any atom is 0.330 e. The van der Waals surface area contributed by atoms with Crippen LogP contribution in [0.5, 0.6) is 0 Å². The average Bonchev–Trinajstić information content (AvgIpc) is 2.24. The smallest absolute Gasteiger partial charge is 0.330 e. The van der Waals surface area contributed by atoms with Crippen LogP contribution in [0.4, 0.5) is 0 Å². The third-order valence-corrected chi connectivity index (χ3v) is 3.43. The Morgan fingerprint density at radius 2 is 1.62 bits per heavy atom. The Hall–Kier alpha value is -0.540. The van der Waals surface area contributed by atoms with E-state index in [9.17, 15) is 4.79 Å². The second kappa shape index (κ2) is 8.59. The molecule has 0 aromatic heterocycles. The second-order valence-corrected chi connectivity index (χ2v) is 4.03. The predicted molar refractivity (Wildman–Crippen MR) is 62.8 cm³/mol. The van der Waals surface area contributed by atoms with Crippen molar-refractivity contribution in [3.8, 4) is 0 Å². The molecule has 0 radical (unpaired) electrons. The van der Waals surface area contributed by atoms with Gasteiger partial charge >= 0.3 is 5.97 Å². The normalized spacial score (nSPS) is 10.7. The Bertz CT molecular complexity index is 217. The summed E-state index contributed by atoms with van der Waals surface area (Å²) in [5.41, 5.74) is 0.330. The van der Waals surface area contributed by atoms with E-state index in [-0.39, 0.29) is 12.4 Å². The molecular weight excluding hydrogens is 226 g/mol. The summed E-state index contributed by atoms with van der Waals surface area (Å²) in [6, 6.07) is 0. The molecule has 0 heterocycles. The van der Waals surface area contributed by atoms with Crippen LogP contribution in [0.15, 0.2) is 12.2 Å². The fourth-order valence-corrected chi connectivity index (χ4v) is 1.88. The molecule has 0 aromatic carbocycles. The number of nitrogens with zero attached hydrogens (tertiary/aromatic N) is 1. The highest BCUT2D eigenvalue weighted by atomic mass is 35.5. The van der Waals surface area contributed by atoms with E-state index in [1.54, 1.807) is 0 Å². The van der Waals surface area contributed by atoms with Gasteiger partial charge in [0.2, 0.25) is 0 Å². The third kappa shape index (κ3) is 5.52. The first-order valence-electron chi connectivity index (χ1n) is 5.77. The average molecular weight is 250 g/mol. The fourth-order valence-electron chi connectivity index (χ4n) is 1.88. The minimum absolute atomic E-state index is 0. The highest BCUT2D eigenvalue weighted by molar-refractivity contribution is 5.85. The Kier molecular flexibility index (Phi) is 9.58. The molecule has 4 heteroatoms. The van der Waals surface area contributed by atoms with Crippen LogP contribution in [-0.4, -0.2) is 41.7 Å². The zero-order valence-corrected chi connectivity index (χ0v) is 11.4. The molecule has 0 amide bonds. The van der Waals surface area contributed by atoms with E-state index < -0.39 is 5.97 Å². The molecule has 0 fully saturated rings. The molecule has 0 unspecified atom stereocenters. The number of rotatable bonds is 8. The van der Waals surface area contributed by atoms with E-state index in [4.69, 9.17) is 5.11 Å². The van der Waals surface area contributed by atoms with Crippen molar-refractivity contribution in [2.45, 2.75) is 33.6 Å². The molecule has 0 aliphatic heterocycles. The SMILES string of the molecule is C=C(CCC[N+](CC)(CC)CC)C(=O)O.[Cl-]. The Morgan fingerprint density at radius 3 is 1.94 bits per heavy atom. The summed E-state index contributed by atoms with van der Waals surface area (Å²) < 4.78 is 1.08. The minimum Gasteiger partial charge on any atom is -1.00 e. The minimum atomic E-state index is -0.863. The van der Waals surface area contributed by atoms with Gasteiger partial charge in [-0.15, -0.1) is 0 Å². The summed E-state index contributed by atoms with van der Waals surface area (Å²) in [6.07, 6.45) is 1.52. The van der Waals surface area contributed by atoms with Crippen LogP contribution >= 0.6 is 0 Å². The van der Waals surface area contributed by atoms with Crippen molar-refractivity contribution >= 4 is 5.97 Å². The van der Waals surface area contributed by atoms with E-state index in [0.717, 1.165) is 37.1 Å². The molecule has 0 atom stereocenters. The van der Waals surface area contributed by atoms with Crippen molar-refractivity contribution in [3.63, 3.8) is 0 Å². The maximum atomic E-state index is 10.6. The number of quaternary nitrogens is 1. The van der Waals surface area contributed by atoms with Crippen LogP contribution in [0.25, 0.3) is 0 Å². The first-order chi connectivity index (χ1) is 7.01. The lowest BCUT2D eigenvalue weighted by Crippen LogP contribution is -3.00. The van der Waals surface area contributed by atoms with Gasteiger partial charge in [-0.1, -0.05) is 6.58 Å². The Balaban J connectivity index is 0. The van der Waals surface area contributed by atoms with Crippen LogP contribution in [0, 0.1) is 0 Å². The quantitative estimate of drug-likeness (QED) is 0.456. The van der Waals surface area contributed by atoms with Gasteiger partial charge in [-0.3, -0.25) is 0 Å². The first-order valence-corrected chi connectivity index (χ1v) is 5.77. The van der Waals surface area contributed by atoms with Crippen LogP contribution < -0.4 is 12.4 Å². The number of hydrogen-bond donors (Lipinski definition) is 1. The molecule has 0 aliphatic carbocycles. The van der Waals surface area contributed by atoms with Crippen molar-refractivity contribution in [1.82, 2.24) is 0 Å². The lowest BCUT2D eigenvalue weighted by atomic mass is 10.1. The fraction of sp³-hybridized carbons (Fsp3) is 0.750. The number of carboxylic acids is 1. The molecule has 0 bridgehead atoms. The highest BCUT2D eigenvalue weighted by Crippen LogP contribution is 2.11. The molecule has 0 spiro atoms. The van der Waals surface area contributed by atoms with E-state index >= 15 is 0 Å². The first kappa shape index (κ1) is 17.8.